The third-order valence-electron chi connectivity index (χ3n) is 2.93. The number of nitrogen functional groups attached to an aromatic ring is 1. The maximum atomic E-state index is 12.2. The molecule has 6 heteroatoms. The normalized spacial score (nSPS) is 12.2. The van der Waals surface area contributed by atoms with Crippen LogP contribution in [0.4, 0.5) is 5.69 Å². The third kappa shape index (κ3) is 2.96. The summed E-state index contributed by atoms with van der Waals surface area (Å²) in [5, 5.41) is 2.88. The highest BCUT2D eigenvalue weighted by Gasteiger charge is 2.16. The van der Waals surface area contributed by atoms with E-state index in [1.165, 1.54) is 0 Å². The van der Waals surface area contributed by atoms with Crippen LogP contribution in [0, 0.1) is 6.92 Å². The number of H-pyrrole nitrogens is 1. The Morgan fingerprint density at radius 1 is 1.53 bits per heavy atom. The first-order valence-corrected chi connectivity index (χ1v) is 6.64. The number of anilines is 1. The Balaban J connectivity index is 2.21. The average molecular weight is 323 g/mol. The lowest BCUT2D eigenvalue weighted by molar-refractivity contribution is 0.0938. The van der Waals surface area contributed by atoms with Gasteiger partial charge in [-0.3, -0.25) is 4.79 Å². The molecule has 0 aliphatic rings. The van der Waals surface area contributed by atoms with Crippen molar-refractivity contribution in [2.24, 2.45) is 0 Å². The number of rotatable bonds is 3. The van der Waals surface area contributed by atoms with E-state index in [2.05, 4.69) is 31.2 Å². The van der Waals surface area contributed by atoms with Gasteiger partial charge in [-0.1, -0.05) is 15.9 Å². The minimum atomic E-state index is -0.192. The van der Waals surface area contributed by atoms with E-state index < -0.39 is 0 Å². The van der Waals surface area contributed by atoms with Crippen LogP contribution in [-0.2, 0) is 0 Å². The molecule has 0 bridgehead atoms. The van der Waals surface area contributed by atoms with E-state index in [1.807, 2.05) is 13.8 Å². The van der Waals surface area contributed by atoms with Crippen LogP contribution in [0.5, 0.6) is 0 Å². The predicted octanol–water partition coefficient (Wildman–Crippen LogP) is 2.55. The van der Waals surface area contributed by atoms with Gasteiger partial charge in [-0.15, -0.1) is 0 Å². The number of carbonyl (C=O) groups excluding carboxylic acids is 1. The van der Waals surface area contributed by atoms with E-state index in [4.69, 9.17) is 5.73 Å². The van der Waals surface area contributed by atoms with Gasteiger partial charge < -0.3 is 16.0 Å². The maximum absolute atomic E-state index is 12.2. The molecule has 2 aromatic rings. The second-order valence-electron chi connectivity index (χ2n) is 4.34. The highest BCUT2D eigenvalue weighted by Crippen LogP contribution is 2.23. The Morgan fingerprint density at radius 2 is 2.26 bits per heavy atom. The van der Waals surface area contributed by atoms with Crippen molar-refractivity contribution in [2.45, 2.75) is 19.9 Å². The van der Waals surface area contributed by atoms with Gasteiger partial charge in [0.25, 0.3) is 5.91 Å². The van der Waals surface area contributed by atoms with Crippen LogP contribution < -0.4 is 11.1 Å². The van der Waals surface area contributed by atoms with E-state index in [0.29, 0.717) is 17.1 Å². The maximum Gasteiger partial charge on any atom is 0.252 e. The van der Waals surface area contributed by atoms with Crippen molar-refractivity contribution < 1.29 is 4.79 Å². The second kappa shape index (κ2) is 5.44. The van der Waals surface area contributed by atoms with Crippen LogP contribution >= 0.6 is 15.9 Å². The van der Waals surface area contributed by atoms with Crippen LogP contribution in [-0.4, -0.2) is 15.9 Å². The summed E-state index contributed by atoms with van der Waals surface area (Å²) in [7, 11) is 0. The molecule has 1 amide bonds. The molecule has 0 saturated heterocycles. The monoisotopic (exact) mass is 322 g/mol. The molecule has 0 fully saturated rings. The van der Waals surface area contributed by atoms with Gasteiger partial charge in [0.05, 0.1) is 6.04 Å². The van der Waals surface area contributed by atoms with E-state index in [-0.39, 0.29) is 11.9 Å². The number of nitrogens with two attached hydrogens (primary N) is 1. The van der Waals surface area contributed by atoms with E-state index in [1.54, 1.807) is 24.5 Å². The molecule has 0 saturated carbocycles. The summed E-state index contributed by atoms with van der Waals surface area (Å²) >= 11 is 3.34. The van der Waals surface area contributed by atoms with Crippen molar-refractivity contribution >= 4 is 27.5 Å². The van der Waals surface area contributed by atoms with Gasteiger partial charge in [-0.05, 0) is 31.5 Å². The van der Waals surface area contributed by atoms with Gasteiger partial charge in [0.15, 0.2) is 0 Å². The number of aromatic nitrogens is 2. The van der Waals surface area contributed by atoms with Gasteiger partial charge in [0, 0.05) is 28.1 Å². The van der Waals surface area contributed by atoms with Crippen LogP contribution in [0.1, 0.15) is 34.7 Å². The molecule has 100 valence electrons. The highest BCUT2D eigenvalue weighted by molar-refractivity contribution is 9.10. The lowest BCUT2D eigenvalue weighted by atomic mass is 10.1. The first-order valence-electron chi connectivity index (χ1n) is 5.84. The summed E-state index contributed by atoms with van der Waals surface area (Å²) in [6.07, 6.45) is 3.38. The average Bonchev–Trinajstić information content (AvgIpc) is 2.87. The second-order valence-corrected chi connectivity index (χ2v) is 5.25. The molecule has 5 nitrogen and oxygen atoms in total. The summed E-state index contributed by atoms with van der Waals surface area (Å²) in [6.45, 7) is 3.70. The van der Waals surface area contributed by atoms with Crippen LogP contribution in [0.2, 0.25) is 0 Å². The molecule has 0 radical (unpaired) electrons. The molecule has 1 aromatic carbocycles. The molecule has 1 unspecified atom stereocenters. The summed E-state index contributed by atoms with van der Waals surface area (Å²) in [5.74, 6) is 0.545. The van der Waals surface area contributed by atoms with Crippen molar-refractivity contribution in [2.75, 3.05) is 5.73 Å². The number of benzene rings is 1. The fourth-order valence-electron chi connectivity index (χ4n) is 1.79. The van der Waals surface area contributed by atoms with Crippen molar-refractivity contribution in [1.29, 1.82) is 0 Å². The van der Waals surface area contributed by atoms with Crippen molar-refractivity contribution in [3.63, 3.8) is 0 Å². The smallest absolute Gasteiger partial charge is 0.252 e. The molecule has 0 aliphatic heterocycles. The molecular weight excluding hydrogens is 308 g/mol. The number of nitrogens with one attached hydrogen (secondary N) is 2. The van der Waals surface area contributed by atoms with E-state index in [0.717, 1.165) is 10.0 Å². The number of imidazole rings is 1. The molecule has 1 aromatic heterocycles. The van der Waals surface area contributed by atoms with Gasteiger partial charge in [0.1, 0.15) is 5.82 Å². The molecule has 19 heavy (non-hydrogen) atoms. The first kappa shape index (κ1) is 13.6. The predicted molar refractivity (Wildman–Crippen MR) is 77.8 cm³/mol. The number of amides is 1. The van der Waals surface area contributed by atoms with Gasteiger partial charge in [0.2, 0.25) is 0 Å². The highest BCUT2D eigenvalue weighted by atomic mass is 79.9. The Labute approximate surface area is 119 Å². The van der Waals surface area contributed by atoms with Gasteiger partial charge >= 0.3 is 0 Å². The number of halogens is 1. The fourth-order valence-corrected chi connectivity index (χ4v) is 2.27. The molecular formula is C13H15BrN4O. The number of nitrogens with zero attached hydrogens (tertiary/aromatic N) is 1. The summed E-state index contributed by atoms with van der Waals surface area (Å²) in [4.78, 5) is 19.3. The molecule has 2 rings (SSSR count). The van der Waals surface area contributed by atoms with Gasteiger partial charge in [-0.2, -0.15) is 0 Å². The quantitative estimate of drug-likeness (QED) is 0.759. The van der Waals surface area contributed by atoms with Crippen LogP contribution in [0.15, 0.2) is 29.0 Å². The summed E-state index contributed by atoms with van der Waals surface area (Å²) < 4.78 is 0.784. The minimum Gasteiger partial charge on any atom is -0.398 e. The summed E-state index contributed by atoms with van der Waals surface area (Å²) in [6, 6.07) is 3.35. The number of hydrogen-bond donors (Lipinski definition) is 3. The van der Waals surface area contributed by atoms with Crippen molar-refractivity contribution in [1.82, 2.24) is 15.3 Å². The van der Waals surface area contributed by atoms with Crippen molar-refractivity contribution in [3.8, 4) is 0 Å². The summed E-state index contributed by atoms with van der Waals surface area (Å²) in [5.41, 5.74) is 7.78. The van der Waals surface area contributed by atoms with Crippen LogP contribution in [0.3, 0.4) is 0 Å². The molecule has 1 heterocycles. The zero-order valence-corrected chi connectivity index (χ0v) is 12.3. The zero-order chi connectivity index (χ0) is 14.0. The minimum absolute atomic E-state index is 0.172. The number of hydrogen-bond acceptors (Lipinski definition) is 3. The lowest BCUT2D eigenvalue weighted by Gasteiger charge is -2.14. The molecule has 4 N–H and O–H groups in total. The first-order chi connectivity index (χ1) is 8.99. The van der Waals surface area contributed by atoms with Crippen molar-refractivity contribution in [3.05, 3.63) is 46.0 Å². The largest absolute Gasteiger partial charge is 0.398 e. The number of carbonyl (C=O) groups is 1. The zero-order valence-electron chi connectivity index (χ0n) is 10.7. The van der Waals surface area contributed by atoms with E-state index in [9.17, 15) is 4.79 Å². The Kier molecular flexibility index (Phi) is 3.90. The standard InChI is InChI=1S/C13H15BrN4O/c1-7-10(5-9(14)6-11(7)15)13(19)18-8(2)12-16-3-4-17-12/h3-6,8H,15H2,1-2H3,(H,16,17)(H,18,19). The SMILES string of the molecule is Cc1c(N)cc(Br)cc1C(=O)NC(C)c1ncc[nH]1. The third-order valence-corrected chi connectivity index (χ3v) is 3.39. The van der Waals surface area contributed by atoms with Crippen LogP contribution in [0.25, 0.3) is 0 Å². The van der Waals surface area contributed by atoms with Gasteiger partial charge in [-0.25, -0.2) is 4.98 Å². The van der Waals surface area contributed by atoms with E-state index >= 15 is 0 Å². The Hall–Kier alpha value is -1.82. The fraction of sp³-hybridized carbons (Fsp3) is 0.231. The lowest BCUT2D eigenvalue weighted by Crippen LogP contribution is -2.28. The Morgan fingerprint density at radius 3 is 2.89 bits per heavy atom. The molecule has 0 spiro atoms. The topological polar surface area (TPSA) is 83.8 Å². The molecule has 1 atom stereocenters. The Bertz CT molecular complexity index is 595. The number of aromatic amines is 1. The molecule has 0 aliphatic carbocycles.